The van der Waals surface area contributed by atoms with Gasteiger partial charge in [0.25, 0.3) is 5.91 Å². The van der Waals surface area contributed by atoms with Gasteiger partial charge >= 0.3 is 0 Å². The second kappa shape index (κ2) is 6.03. The number of fused-ring (bicyclic) bond motifs is 1. The number of anilines is 2. The van der Waals surface area contributed by atoms with Crippen LogP contribution in [0.3, 0.4) is 0 Å². The number of hydrogen-bond acceptors (Lipinski definition) is 4. The van der Waals surface area contributed by atoms with E-state index in [4.69, 9.17) is 23.2 Å². The Morgan fingerprint density at radius 2 is 2.09 bits per heavy atom. The van der Waals surface area contributed by atoms with Gasteiger partial charge in [-0.1, -0.05) is 47.1 Å². The van der Waals surface area contributed by atoms with Gasteiger partial charge in [-0.2, -0.15) is 0 Å². The molecule has 118 valence electrons. The van der Waals surface area contributed by atoms with Gasteiger partial charge in [0.2, 0.25) is 5.91 Å². The molecule has 1 aromatic heterocycles. The Labute approximate surface area is 146 Å². The summed E-state index contributed by atoms with van der Waals surface area (Å²) in [5.74, 6) is -0.746. The van der Waals surface area contributed by atoms with Crippen molar-refractivity contribution in [2.24, 2.45) is 0 Å². The quantitative estimate of drug-likeness (QED) is 0.791. The van der Waals surface area contributed by atoms with Gasteiger partial charge in [-0.05, 0) is 25.1 Å². The summed E-state index contributed by atoms with van der Waals surface area (Å²) in [6, 6.07) is 8.77. The first-order chi connectivity index (χ1) is 10.9. The van der Waals surface area contributed by atoms with Crippen LogP contribution in [0.4, 0.5) is 11.5 Å². The molecule has 1 unspecified atom stereocenters. The maximum Gasteiger partial charge on any atom is 0.251 e. The molecule has 0 bridgehead atoms. The largest absolute Gasteiger partial charge is 0.323 e. The highest BCUT2D eigenvalue weighted by Gasteiger charge is 2.46. The minimum Gasteiger partial charge on any atom is -0.323 e. The van der Waals surface area contributed by atoms with E-state index in [0.29, 0.717) is 10.7 Å². The van der Waals surface area contributed by atoms with Crippen molar-refractivity contribution in [1.82, 2.24) is 4.98 Å². The maximum absolute atomic E-state index is 12.6. The van der Waals surface area contributed by atoms with Crippen LogP contribution in [0.2, 0.25) is 10.0 Å². The molecule has 0 saturated heterocycles. The van der Waals surface area contributed by atoms with E-state index in [9.17, 15) is 9.59 Å². The standard InChI is InChI=1S/C15H11Cl2N3O2S/c1-15(13(21)19-10-4-2-3-5-11(10)23-15)14(22)20-12-9(17)6-8(16)7-18-12/h2-7H,1H3,(H,19,21)(H,18,20,22). The first kappa shape index (κ1) is 16.1. The van der Waals surface area contributed by atoms with E-state index in [1.54, 1.807) is 13.0 Å². The molecule has 2 amide bonds. The third-order valence-electron chi connectivity index (χ3n) is 3.36. The van der Waals surface area contributed by atoms with Crippen LogP contribution >= 0.6 is 35.0 Å². The molecule has 2 N–H and O–H groups in total. The zero-order chi connectivity index (χ0) is 16.6. The predicted octanol–water partition coefficient (Wildman–Crippen LogP) is 3.83. The molecule has 0 radical (unpaired) electrons. The van der Waals surface area contributed by atoms with Crippen LogP contribution in [-0.2, 0) is 9.59 Å². The molecular formula is C15H11Cl2N3O2S. The molecule has 2 aromatic rings. The van der Waals surface area contributed by atoms with Crippen LogP contribution in [0.5, 0.6) is 0 Å². The van der Waals surface area contributed by atoms with E-state index in [1.165, 1.54) is 24.0 Å². The fourth-order valence-corrected chi connectivity index (χ4v) is 3.58. The van der Waals surface area contributed by atoms with Crippen molar-refractivity contribution in [2.75, 3.05) is 10.6 Å². The van der Waals surface area contributed by atoms with Crippen molar-refractivity contribution < 1.29 is 9.59 Å². The molecular weight excluding hydrogens is 357 g/mol. The maximum atomic E-state index is 12.6. The fourth-order valence-electron chi connectivity index (χ4n) is 2.05. The number of para-hydroxylation sites is 1. The number of carbonyl (C=O) groups is 2. The Bertz CT molecular complexity index is 815. The van der Waals surface area contributed by atoms with E-state index in [0.717, 1.165) is 4.90 Å². The summed E-state index contributed by atoms with van der Waals surface area (Å²) >= 11 is 13.0. The molecule has 8 heteroatoms. The topological polar surface area (TPSA) is 71.1 Å². The van der Waals surface area contributed by atoms with E-state index in [-0.39, 0.29) is 10.8 Å². The second-order valence-electron chi connectivity index (χ2n) is 5.02. The highest BCUT2D eigenvalue weighted by molar-refractivity contribution is 8.02. The number of amides is 2. The number of hydrogen-bond donors (Lipinski definition) is 2. The number of nitrogens with zero attached hydrogens (tertiary/aromatic N) is 1. The molecule has 2 heterocycles. The summed E-state index contributed by atoms with van der Waals surface area (Å²) in [6.07, 6.45) is 1.37. The minimum atomic E-state index is -1.33. The average Bonchev–Trinajstić information content (AvgIpc) is 2.51. The summed E-state index contributed by atoms with van der Waals surface area (Å²) < 4.78 is -1.33. The summed E-state index contributed by atoms with van der Waals surface area (Å²) in [5, 5.41) is 5.90. The summed E-state index contributed by atoms with van der Waals surface area (Å²) in [5.41, 5.74) is 0.690. The molecule has 3 rings (SSSR count). The van der Waals surface area contributed by atoms with Gasteiger partial charge in [-0.15, -0.1) is 0 Å². The van der Waals surface area contributed by atoms with Gasteiger partial charge in [0, 0.05) is 11.1 Å². The minimum absolute atomic E-state index is 0.162. The van der Waals surface area contributed by atoms with Crippen molar-refractivity contribution in [3.05, 3.63) is 46.6 Å². The zero-order valence-corrected chi connectivity index (χ0v) is 14.2. The summed E-state index contributed by atoms with van der Waals surface area (Å²) in [7, 11) is 0. The lowest BCUT2D eigenvalue weighted by Gasteiger charge is -2.31. The summed E-state index contributed by atoms with van der Waals surface area (Å²) in [6.45, 7) is 1.56. The Morgan fingerprint density at radius 3 is 2.83 bits per heavy atom. The van der Waals surface area contributed by atoms with Gasteiger partial charge in [0.05, 0.1) is 15.7 Å². The zero-order valence-electron chi connectivity index (χ0n) is 11.9. The van der Waals surface area contributed by atoms with Crippen LogP contribution in [-0.4, -0.2) is 21.5 Å². The normalized spacial score (nSPS) is 19.7. The van der Waals surface area contributed by atoms with Crippen molar-refractivity contribution in [2.45, 2.75) is 16.6 Å². The number of thioether (sulfide) groups is 1. The van der Waals surface area contributed by atoms with Gasteiger partial charge in [-0.25, -0.2) is 4.98 Å². The third-order valence-corrected chi connectivity index (χ3v) is 5.21. The first-order valence-corrected chi connectivity index (χ1v) is 8.19. The fraction of sp³-hybridized carbons (Fsp3) is 0.133. The van der Waals surface area contributed by atoms with Gasteiger partial charge < -0.3 is 10.6 Å². The average molecular weight is 368 g/mol. The number of rotatable bonds is 2. The summed E-state index contributed by atoms with van der Waals surface area (Å²) in [4.78, 5) is 29.8. The molecule has 5 nitrogen and oxygen atoms in total. The lowest BCUT2D eigenvalue weighted by Crippen LogP contribution is -2.49. The molecule has 23 heavy (non-hydrogen) atoms. The van der Waals surface area contributed by atoms with Crippen LogP contribution in [0.1, 0.15) is 6.92 Å². The lowest BCUT2D eigenvalue weighted by molar-refractivity contribution is -0.126. The Balaban J connectivity index is 1.88. The van der Waals surface area contributed by atoms with Crippen LogP contribution in [0.15, 0.2) is 41.4 Å². The smallest absolute Gasteiger partial charge is 0.251 e. The number of carbonyl (C=O) groups excluding carboxylic acids is 2. The van der Waals surface area contributed by atoms with Crippen molar-refractivity contribution in [3.8, 4) is 0 Å². The molecule has 1 atom stereocenters. The molecule has 1 aliphatic heterocycles. The van der Waals surface area contributed by atoms with Crippen molar-refractivity contribution in [1.29, 1.82) is 0 Å². The number of halogens is 2. The lowest BCUT2D eigenvalue weighted by atomic mass is 10.1. The number of pyridine rings is 1. The van der Waals surface area contributed by atoms with Crippen LogP contribution in [0.25, 0.3) is 0 Å². The van der Waals surface area contributed by atoms with E-state index >= 15 is 0 Å². The van der Waals surface area contributed by atoms with Gasteiger partial charge in [-0.3, -0.25) is 9.59 Å². The second-order valence-corrected chi connectivity index (χ2v) is 7.33. The molecule has 0 spiro atoms. The molecule has 0 saturated carbocycles. The highest BCUT2D eigenvalue weighted by atomic mass is 35.5. The van der Waals surface area contributed by atoms with Crippen molar-refractivity contribution >= 4 is 58.3 Å². The number of benzene rings is 1. The van der Waals surface area contributed by atoms with Crippen LogP contribution < -0.4 is 10.6 Å². The van der Waals surface area contributed by atoms with E-state index < -0.39 is 16.6 Å². The Hall–Kier alpha value is -1.76. The number of aromatic nitrogens is 1. The molecule has 1 aliphatic rings. The highest BCUT2D eigenvalue weighted by Crippen LogP contribution is 2.42. The van der Waals surface area contributed by atoms with E-state index in [1.807, 2.05) is 18.2 Å². The van der Waals surface area contributed by atoms with Gasteiger partial charge in [0.15, 0.2) is 10.6 Å². The Kier molecular flexibility index (Phi) is 4.23. The third kappa shape index (κ3) is 3.02. The SMILES string of the molecule is CC1(C(=O)Nc2ncc(Cl)cc2Cl)Sc2ccccc2NC1=O. The molecule has 0 aliphatic carbocycles. The monoisotopic (exact) mass is 367 g/mol. The Morgan fingerprint density at radius 1 is 1.35 bits per heavy atom. The molecule has 0 fully saturated rings. The number of nitrogens with one attached hydrogen (secondary N) is 2. The van der Waals surface area contributed by atoms with E-state index in [2.05, 4.69) is 15.6 Å². The molecule has 1 aromatic carbocycles. The first-order valence-electron chi connectivity index (χ1n) is 6.62. The predicted molar refractivity (Wildman–Crippen MR) is 92.2 cm³/mol. The van der Waals surface area contributed by atoms with Crippen LogP contribution in [0, 0.1) is 0 Å². The van der Waals surface area contributed by atoms with Gasteiger partial charge in [0.1, 0.15) is 0 Å². The van der Waals surface area contributed by atoms with Crippen molar-refractivity contribution in [3.63, 3.8) is 0 Å².